The van der Waals surface area contributed by atoms with E-state index in [-0.39, 0.29) is 29.7 Å². The molecule has 5 heteroatoms. The van der Waals surface area contributed by atoms with Crippen molar-refractivity contribution in [3.8, 4) is 5.75 Å². The molecule has 1 atom stereocenters. The fraction of sp³-hybridized carbons (Fsp3) is 0.556. The zero-order valence-electron chi connectivity index (χ0n) is 21.0. The van der Waals surface area contributed by atoms with Crippen LogP contribution in [0, 0.1) is 11.8 Å². The number of halogens is 1. The summed E-state index contributed by atoms with van der Waals surface area (Å²) in [5.41, 5.74) is 1.28. The highest BCUT2D eigenvalue weighted by molar-refractivity contribution is 5.22. The van der Waals surface area contributed by atoms with Gasteiger partial charge in [-0.25, -0.2) is 0 Å². The van der Waals surface area contributed by atoms with Gasteiger partial charge in [-0.05, 0) is 32.9 Å². The lowest BCUT2D eigenvalue weighted by atomic mass is 9.86. The van der Waals surface area contributed by atoms with Crippen LogP contribution < -0.4 is 17.1 Å². The maximum Gasteiger partial charge on any atom is 0.249 e. The van der Waals surface area contributed by atoms with Crippen LogP contribution >= 0.6 is 0 Å². The van der Waals surface area contributed by atoms with Crippen LogP contribution in [0.15, 0.2) is 60.7 Å². The van der Waals surface area contributed by atoms with Crippen molar-refractivity contribution in [1.29, 1.82) is 0 Å². The van der Waals surface area contributed by atoms with E-state index in [1.807, 2.05) is 37.3 Å². The van der Waals surface area contributed by atoms with Gasteiger partial charge >= 0.3 is 0 Å². The van der Waals surface area contributed by atoms with Crippen molar-refractivity contribution in [2.45, 2.75) is 60.3 Å². The van der Waals surface area contributed by atoms with Gasteiger partial charge < -0.3 is 31.8 Å². The van der Waals surface area contributed by atoms with Crippen LogP contribution in [0.1, 0.15) is 54.0 Å². The van der Waals surface area contributed by atoms with Crippen molar-refractivity contribution >= 4 is 0 Å². The third-order valence-corrected chi connectivity index (χ3v) is 5.96. The molecule has 0 aliphatic heterocycles. The molecule has 0 bridgehead atoms. The second kappa shape index (κ2) is 13.8. The quantitative estimate of drug-likeness (QED) is 0.357. The molecule has 2 aromatic carbocycles. The first-order valence-electron chi connectivity index (χ1n) is 11.4. The molecule has 182 valence electrons. The Hall–Kier alpha value is -1.59. The largest absolute Gasteiger partial charge is 1.00 e. The van der Waals surface area contributed by atoms with Gasteiger partial charge in [-0.1, -0.05) is 76.2 Å². The SMILES string of the molecule is CCOC(C[N+](CC(C)C)(CC(C)C)C(C)(C)c1ccccc1)Oc1ccccc1.O.[Cl-]. The molecule has 0 aliphatic carbocycles. The van der Waals surface area contributed by atoms with Crippen LogP contribution in [-0.2, 0) is 10.3 Å². The standard InChI is InChI=1S/C27H42NO2.ClH.H2O/c1-8-29-26(30-25-17-13-10-14-18-25)21-28(19-22(2)3,20-23(4)5)27(6,7)24-15-11-9-12-16-24;;/h9-18,22-23,26H,8,19-21H2,1-7H3;1H;1H2/q+1;;/p-1. The Bertz CT molecular complexity index is 725. The Balaban J connectivity index is 0.00000480. The summed E-state index contributed by atoms with van der Waals surface area (Å²) in [5.74, 6) is 1.98. The molecular formula is C27H44ClNO3. The summed E-state index contributed by atoms with van der Waals surface area (Å²) in [7, 11) is 0. The average molecular weight is 466 g/mol. The van der Waals surface area contributed by atoms with E-state index in [0.29, 0.717) is 18.4 Å². The number of hydrogen-bond acceptors (Lipinski definition) is 2. The molecule has 0 saturated carbocycles. The molecule has 2 N–H and O–H groups in total. The highest BCUT2D eigenvalue weighted by Gasteiger charge is 2.47. The van der Waals surface area contributed by atoms with Crippen LogP contribution in [0.3, 0.4) is 0 Å². The Kier molecular flexibility index (Phi) is 13.2. The highest BCUT2D eigenvalue weighted by atomic mass is 35.5. The number of hydrogen-bond donors (Lipinski definition) is 0. The highest BCUT2D eigenvalue weighted by Crippen LogP contribution is 2.38. The lowest BCUT2D eigenvalue weighted by Crippen LogP contribution is -3.00. The van der Waals surface area contributed by atoms with Gasteiger partial charge in [0.2, 0.25) is 6.29 Å². The van der Waals surface area contributed by atoms with E-state index in [2.05, 4.69) is 71.9 Å². The van der Waals surface area contributed by atoms with Gasteiger partial charge in [-0.3, -0.25) is 0 Å². The summed E-state index contributed by atoms with van der Waals surface area (Å²) in [6, 6.07) is 21.0. The minimum Gasteiger partial charge on any atom is -1.00 e. The average Bonchev–Trinajstić information content (AvgIpc) is 2.68. The zero-order valence-corrected chi connectivity index (χ0v) is 21.7. The molecule has 0 saturated heterocycles. The first-order valence-corrected chi connectivity index (χ1v) is 11.4. The minimum atomic E-state index is -0.294. The Morgan fingerprint density at radius 2 is 1.25 bits per heavy atom. The Labute approximate surface area is 202 Å². The lowest BCUT2D eigenvalue weighted by Gasteiger charge is -2.53. The van der Waals surface area contributed by atoms with Crippen LogP contribution in [-0.4, -0.2) is 42.5 Å². The van der Waals surface area contributed by atoms with Gasteiger partial charge in [-0.2, -0.15) is 0 Å². The summed E-state index contributed by atoms with van der Waals surface area (Å²) in [4.78, 5) is 0. The van der Waals surface area contributed by atoms with E-state index in [9.17, 15) is 0 Å². The van der Waals surface area contributed by atoms with Crippen molar-refractivity contribution in [3.05, 3.63) is 66.2 Å². The smallest absolute Gasteiger partial charge is 0.249 e. The van der Waals surface area contributed by atoms with E-state index in [1.54, 1.807) is 0 Å². The van der Waals surface area contributed by atoms with Crippen LogP contribution in [0.25, 0.3) is 0 Å². The minimum absolute atomic E-state index is 0. The predicted molar refractivity (Wildman–Crippen MR) is 130 cm³/mol. The molecule has 0 fully saturated rings. The van der Waals surface area contributed by atoms with E-state index in [1.165, 1.54) is 5.56 Å². The summed E-state index contributed by atoms with van der Waals surface area (Å²) in [5, 5.41) is 0. The molecule has 4 nitrogen and oxygen atoms in total. The normalized spacial score (nSPS) is 12.8. The van der Waals surface area contributed by atoms with Gasteiger partial charge in [0.25, 0.3) is 0 Å². The van der Waals surface area contributed by atoms with E-state index in [4.69, 9.17) is 9.47 Å². The number of nitrogens with zero attached hydrogens (tertiary/aromatic N) is 1. The number of para-hydroxylation sites is 1. The van der Waals surface area contributed by atoms with Gasteiger partial charge in [0.05, 0.1) is 13.1 Å². The summed E-state index contributed by atoms with van der Waals surface area (Å²) < 4.78 is 13.4. The Morgan fingerprint density at radius 3 is 1.69 bits per heavy atom. The van der Waals surface area contributed by atoms with Crippen molar-refractivity contribution in [2.75, 3.05) is 26.2 Å². The van der Waals surface area contributed by atoms with Crippen LogP contribution in [0.2, 0.25) is 0 Å². The summed E-state index contributed by atoms with van der Waals surface area (Å²) >= 11 is 0. The van der Waals surface area contributed by atoms with E-state index in [0.717, 1.165) is 29.9 Å². The number of rotatable bonds is 12. The van der Waals surface area contributed by atoms with Crippen molar-refractivity contribution < 1.29 is 31.8 Å². The molecular weight excluding hydrogens is 422 g/mol. The molecule has 0 heterocycles. The summed E-state index contributed by atoms with van der Waals surface area (Å²) in [6.45, 7) is 19.7. The number of ether oxygens (including phenoxy) is 2. The predicted octanol–water partition coefficient (Wildman–Crippen LogP) is 2.67. The van der Waals surface area contributed by atoms with Crippen molar-refractivity contribution in [1.82, 2.24) is 0 Å². The van der Waals surface area contributed by atoms with E-state index >= 15 is 0 Å². The molecule has 0 spiro atoms. The molecule has 0 amide bonds. The zero-order chi connectivity index (χ0) is 22.2. The second-order valence-corrected chi connectivity index (χ2v) is 9.72. The molecule has 1 unspecified atom stereocenters. The van der Waals surface area contributed by atoms with E-state index < -0.39 is 0 Å². The van der Waals surface area contributed by atoms with Crippen molar-refractivity contribution in [3.63, 3.8) is 0 Å². The van der Waals surface area contributed by atoms with Crippen LogP contribution in [0.4, 0.5) is 0 Å². The fourth-order valence-electron chi connectivity index (χ4n) is 4.67. The van der Waals surface area contributed by atoms with Gasteiger partial charge in [-0.15, -0.1) is 0 Å². The molecule has 0 aliphatic rings. The Morgan fingerprint density at radius 1 is 0.781 bits per heavy atom. The number of quaternary nitrogens is 1. The van der Waals surface area contributed by atoms with Crippen molar-refractivity contribution in [2.24, 2.45) is 11.8 Å². The van der Waals surface area contributed by atoms with Gasteiger partial charge in [0, 0.05) is 24.0 Å². The maximum atomic E-state index is 6.37. The third kappa shape index (κ3) is 8.08. The van der Waals surface area contributed by atoms with Crippen LogP contribution in [0.5, 0.6) is 5.75 Å². The topological polar surface area (TPSA) is 50.0 Å². The first kappa shape index (κ1) is 30.4. The first-order chi connectivity index (χ1) is 14.2. The maximum absolute atomic E-state index is 6.37. The summed E-state index contributed by atoms with van der Waals surface area (Å²) in [6.07, 6.45) is -0.294. The molecule has 32 heavy (non-hydrogen) atoms. The molecule has 2 aromatic rings. The lowest BCUT2D eigenvalue weighted by molar-refractivity contribution is -0.989. The van der Waals surface area contributed by atoms with Gasteiger partial charge in [0.1, 0.15) is 17.8 Å². The number of benzene rings is 2. The van der Waals surface area contributed by atoms with Gasteiger partial charge in [0.15, 0.2) is 0 Å². The molecule has 0 aromatic heterocycles. The second-order valence-electron chi connectivity index (χ2n) is 9.72. The third-order valence-electron chi connectivity index (χ3n) is 5.96. The molecule has 0 radical (unpaired) electrons. The fourth-order valence-corrected chi connectivity index (χ4v) is 4.67. The monoisotopic (exact) mass is 465 g/mol. The molecule has 2 rings (SSSR count).